The molecule has 0 aliphatic carbocycles. The van der Waals surface area contributed by atoms with E-state index < -0.39 is 0 Å². The van der Waals surface area contributed by atoms with Crippen LogP contribution in [0, 0.1) is 17.9 Å². The van der Waals surface area contributed by atoms with Crippen molar-refractivity contribution in [3.63, 3.8) is 0 Å². The summed E-state index contributed by atoms with van der Waals surface area (Å²) >= 11 is 0. The summed E-state index contributed by atoms with van der Waals surface area (Å²) in [4.78, 5) is 21.7. The molecule has 8 rings (SSSR count). The smallest absolute Gasteiger partial charge is 0.270 e. The van der Waals surface area contributed by atoms with E-state index in [2.05, 4.69) is 93.7 Å². The van der Waals surface area contributed by atoms with Crippen molar-refractivity contribution < 1.29 is 0 Å². The molecule has 0 radical (unpaired) electrons. The van der Waals surface area contributed by atoms with E-state index in [1.165, 1.54) is 0 Å². The van der Waals surface area contributed by atoms with Crippen molar-refractivity contribution in [1.82, 2.24) is 19.9 Å². The molecule has 0 aliphatic heterocycles. The molecule has 0 atom stereocenters. The number of nitriles is 1. The molecule has 0 amide bonds. The van der Waals surface area contributed by atoms with Gasteiger partial charge in [-0.2, -0.15) is 5.26 Å². The number of hydrogen-bond donors (Lipinski definition) is 0. The number of aromatic nitrogens is 4. The summed E-state index contributed by atoms with van der Waals surface area (Å²) in [7, 11) is 0. The topological polar surface area (TPSA) is 79.7 Å². The average Bonchev–Trinajstić information content (AvgIpc) is 3.17. The molecule has 0 spiro atoms. The lowest BCUT2D eigenvalue weighted by molar-refractivity contribution is 1.25. The molecule has 4 aromatic carbocycles. The zero-order valence-corrected chi connectivity index (χ0v) is 25.5. The van der Waals surface area contributed by atoms with Crippen molar-refractivity contribution in [2.24, 2.45) is 0 Å². The van der Waals surface area contributed by atoms with Gasteiger partial charge in [-0.25, -0.2) is 15.0 Å². The Morgan fingerprint density at radius 2 is 0.938 bits per heavy atom. The number of benzene rings is 4. The minimum atomic E-state index is 0.346. The molecule has 222 valence electrons. The first kappa shape index (κ1) is 28.5. The highest BCUT2D eigenvalue weighted by molar-refractivity contribution is 6.11. The van der Waals surface area contributed by atoms with Crippen molar-refractivity contribution in [3.8, 4) is 62.2 Å². The molecular weight excluding hydrogens is 589 g/mol. The first-order valence-corrected chi connectivity index (χ1v) is 15.4. The first-order valence-electron chi connectivity index (χ1n) is 15.4. The van der Waals surface area contributed by atoms with Gasteiger partial charge in [-0.15, -0.1) is 4.98 Å². The summed E-state index contributed by atoms with van der Waals surface area (Å²) in [6, 6.07) is 46.9. The molecule has 4 aromatic heterocycles. The SMILES string of the molecule is [C-]#[N+]c1cc(-c2cccc(-c3ccc(-c4ccc(-c5cccc(-c6ccnc(C#N)c6)n5)c5ccccc45)c4ccccc34)n2)ccn1. The third-order valence-electron chi connectivity index (χ3n) is 8.51. The van der Waals surface area contributed by atoms with Crippen molar-refractivity contribution in [1.29, 1.82) is 5.26 Å². The predicted octanol–water partition coefficient (Wildman–Crippen LogP) is 10.3. The van der Waals surface area contributed by atoms with Crippen molar-refractivity contribution >= 4 is 27.4 Å². The Hall–Kier alpha value is -7.02. The largest absolute Gasteiger partial charge is 0.361 e. The molecule has 48 heavy (non-hydrogen) atoms. The zero-order valence-electron chi connectivity index (χ0n) is 25.5. The van der Waals surface area contributed by atoms with Crippen LogP contribution in [0.4, 0.5) is 5.82 Å². The maximum atomic E-state index is 9.34. The number of hydrogen-bond acceptors (Lipinski definition) is 5. The third kappa shape index (κ3) is 5.10. The molecule has 6 nitrogen and oxygen atoms in total. The minimum Gasteiger partial charge on any atom is -0.361 e. The fourth-order valence-electron chi connectivity index (χ4n) is 6.30. The molecule has 0 saturated carbocycles. The summed E-state index contributed by atoms with van der Waals surface area (Å²) < 4.78 is 0. The number of pyridine rings is 4. The molecule has 0 N–H and O–H groups in total. The highest BCUT2D eigenvalue weighted by atomic mass is 14.9. The highest BCUT2D eigenvalue weighted by Gasteiger charge is 2.16. The number of fused-ring (bicyclic) bond motifs is 2. The number of nitrogens with zero attached hydrogens (tertiary/aromatic N) is 6. The van der Waals surface area contributed by atoms with Gasteiger partial charge in [0.1, 0.15) is 18.0 Å². The normalized spacial score (nSPS) is 10.9. The Bertz CT molecular complexity index is 2430. The lowest BCUT2D eigenvalue weighted by atomic mass is 9.89. The Morgan fingerprint density at radius 3 is 1.46 bits per heavy atom. The Balaban J connectivity index is 1.24. The van der Waals surface area contributed by atoms with Crippen LogP contribution in [0.25, 0.3) is 82.5 Å². The lowest BCUT2D eigenvalue weighted by Gasteiger charge is -2.16. The van der Waals surface area contributed by atoms with Crippen LogP contribution in [0.2, 0.25) is 0 Å². The monoisotopic (exact) mass is 612 g/mol. The van der Waals surface area contributed by atoms with Gasteiger partial charge in [0.05, 0.1) is 22.8 Å². The molecule has 6 heteroatoms. The molecule has 4 heterocycles. The summed E-state index contributed by atoms with van der Waals surface area (Å²) in [6.45, 7) is 7.35. The van der Waals surface area contributed by atoms with Gasteiger partial charge < -0.3 is 4.85 Å². The van der Waals surface area contributed by atoms with E-state index in [1.54, 1.807) is 24.5 Å². The van der Waals surface area contributed by atoms with Gasteiger partial charge in [0, 0.05) is 22.9 Å². The van der Waals surface area contributed by atoms with Crippen LogP contribution in [0.15, 0.2) is 146 Å². The van der Waals surface area contributed by atoms with Crippen LogP contribution >= 0.6 is 0 Å². The third-order valence-corrected chi connectivity index (χ3v) is 8.51. The van der Waals surface area contributed by atoms with Gasteiger partial charge in [-0.1, -0.05) is 91.5 Å². The second-order valence-electron chi connectivity index (χ2n) is 11.3. The van der Waals surface area contributed by atoms with Crippen LogP contribution in [0.5, 0.6) is 0 Å². The Labute approximate surface area is 277 Å². The molecule has 0 unspecified atom stereocenters. The lowest BCUT2D eigenvalue weighted by Crippen LogP contribution is -1.93. The van der Waals surface area contributed by atoms with Crippen LogP contribution in [-0.2, 0) is 0 Å². The predicted molar refractivity (Wildman–Crippen MR) is 191 cm³/mol. The van der Waals surface area contributed by atoms with E-state index in [9.17, 15) is 5.26 Å². The van der Waals surface area contributed by atoms with Crippen LogP contribution in [-0.4, -0.2) is 19.9 Å². The Kier molecular flexibility index (Phi) is 7.15. The summed E-state index contributed by atoms with van der Waals surface area (Å²) in [5.74, 6) is 0.346. The number of rotatable bonds is 5. The van der Waals surface area contributed by atoms with E-state index in [1.807, 2.05) is 48.5 Å². The fourth-order valence-corrected chi connectivity index (χ4v) is 6.30. The molecular formula is C42H24N6. The van der Waals surface area contributed by atoms with Crippen LogP contribution in [0.1, 0.15) is 5.69 Å². The molecule has 8 aromatic rings. The summed E-state index contributed by atoms with van der Waals surface area (Å²) in [5.41, 5.74) is 9.70. The van der Waals surface area contributed by atoms with Gasteiger partial charge in [0.15, 0.2) is 0 Å². The standard InChI is InChI=1S/C42H24N6/c1-44-42-25-28(21-23-46-42)39-13-7-15-41(48-39)37-19-17-35(31-9-3-5-11-33(31)37)34-16-18-36(32-10-4-2-8-30(32)34)40-14-6-12-38(47-40)27-20-22-45-29(24-27)26-43/h2-25H. The van der Waals surface area contributed by atoms with E-state index in [0.717, 1.165) is 77.7 Å². The maximum absolute atomic E-state index is 9.34. The quantitative estimate of drug-likeness (QED) is 0.181. The van der Waals surface area contributed by atoms with Crippen molar-refractivity contribution in [2.45, 2.75) is 0 Å². The van der Waals surface area contributed by atoms with Crippen molar-refractivity contribution in [3.05, 3.63) is 163 Å². The van der Waals surface area contributed by atoms with Crippen LogP contribution in [0.3, 0.4) is 0 Å². The van der Waals surface area contributed by atoms with Gasteiger partial charge in [-0.05, 0) is 86.8 Å². The highest BCUT2D eigenvalue weighted by Crippen LogP contribution is 2.41. The molecule has 0 aliphatic rings. The Morgan fingerprint density at radius 1 is 0.479 bits per heavy atom. The molecule has 0 fully saturated rings. The van der Waals surface area contributed by atoms with E-state index in [0.29, 0.717) is 11.5 Å². The van der Waals surface area contributed by atoms with E-state index in [-0.39, 0.29) is 0 Å². The van der Waals surface area contributed by atoms with Gasteiger partial charge in [0.25, 0.3) is 5.82 Å². The maximum Gasteiger partial charge on any atom is 0.270 e. The van der Waals surface area contributed by atoms with Gasteiger partial charge in [0.2, 0.25) is 0 Å². The second-order valence-corrected chi connectivity index (χ2v) is 11.3. The summed E-state index contributed by atoms with van der Waals surface area (Å²) in [5, 5.41) is 13.8. The zero-order chi connectivity index (χ0) is 32.5. The molecule has 0 bridgehead atoms. The van der Waals surface area contributed by atoms with Crippen molar-refractivity contribution in [2.75, 3.05) is 0 Å². The molecule has 0 saturated heterocycles. The van der Waals surface area contributed by atoms with Gasteiger partial charge in [-0.3, -0.25) is 0 Å². The van der Waals surface area contributed by atoms with E-state index >= 15 is 0 Å². The first-order chi connectivity index (χ1) is 23.7. The van der Waals surface area contributed by atoms with E-state index in [4.69, 9.17) is 16.5 Å². The van der Waals surface area contributed by atoms with Crippen LogP contribution < -0.4 is 0 Å². The summed E-state index contributed by atoms with van der Waals surface area (Å²) in [6.07, 6.45) is 3.29. The fraction of sp³-hybridized carbons (Fsp3) is 0. The van der Waals surface area contributed by atoms with Gasteiger partial charge >= 0.3 is 0 Å². The minimum absolute atomic E-state index is 0.346. The second kappa shape index (κ2) is 12.1. The average molecular weight is 613 g/mol.